The van der Waals surface area contributed by atoms with Crippen LogP contribution in [-0.4, -0.2) is 33.7 Å². The first-order valence-electron chi connectivity index (χ1n) is 8.41. The molecule has 0 fully saturated rings. The van der Waals surface area contributed by atoms with E-state index in [-0.39, 0.29) is 5.56 Å². The van der Waals surface area contributed by atoms with E-state index in [4.69, 9.17) is 9.47 Å². The molecule has 4 rings (SSSR count). The molecule has 27 heavy (non-hydrogen) atoms. The van der Waals surface area contributed by atoms with Gasteiger partial charge in [0.25, 0.3) is 5.56 Å². The number of rotatable bonds is 5. The molecule has 2 heterocycles. The molecule has 0 bridgehead atoms. The Balaban J connectivity index is 1.77. The third-order valence-corrected chi connectivity index (χ3v) is 4.34. The molecule has 2 aromatic carbocycles. The Morgan fingerprint density at radius 1 is 1.07 bits per heavy atom. The van der Waals surface area contributed by atoms with E-state index in [9.17, 15) is 4.79 Å². The summed E-state index contributed by atoms with van der Waals surface area (Å²) in [6.07, 6.45) is 3.54. The first-order chi connectivity index (χ1) is 13.2. The second kappa shape index (κ2) is 6.95. The van der Waals surface area contributed by atoms with E-state index in [1.165, 1.54) is 0 Å². The molecule has 0 saturated carbocycles. The van der Waals surface area contributed by atoms with Crippen molar-refractivity contribution in [3.63, 3.8) is 0 Å². The Kier molecular flexibility index (Phi) is 4.33. The van der Waals surface area contributed by atoms with Gasteiger partial charge in [0.1, 0.15) is 11.6 Å². The van der Waals surface area contributed by atoms with Crippen molar-refractivity contribution in [2.75, 3.05) is 14.2 Å². The van der Waals surface area contributed by atoms with Gasteiger partial charge in [0, 0.05) is 12.4 Å². The minimum atomic E-state index is -0.156. The average molecular weight is 362 g/mol. The van der Waals surface area contributed by atoms with Crippen molar-refractivity contribution in [1.82, 2.24) is 19.5 Å². The minimum absolute atomic E-state index is 0.156. The smallest absolute Gasteiger partial charge is 0.258 e. The van der Waals surface area contributed by atoms with Gasteiger partial charge in [-0.1, -0.05) is 18.2 Å². The summed E-state index contributed by atoms with van der Waals surface area (Å²) in [5.41, 5.74) is 1.30. The van der Waals surface area contributed by atoms with E-state index in [2.05, 4.69) is 15.0 Å². The maximum atomic E-state index is 12.3. The fourth-order valence-corrected chi connectivity index (χ4v) is 3.12. The van der Waals surface area contributed by atoms with E-state index < -0.39 is 0 Å². The van der Waals surface area contributed by atoms with Gasteiger partial charge >= 0.3 is 0 Å². The van der Waals surface area contributed by atoms with Crippen LogP contribution in [0.15, 0.2) is 59.7 Å². The summed E-state index contributed by atoms with van der Waals surface area (Å²) < 4.78 is 12.8. The molecule has 4 aromatic rings. The predicted molar refractivity (Wildman–Crippen MR) is 102 cm³/mol. The van der Waals surface area contributed by atoms with Crippen LogP contribution in [0.25, 0.3) is 22.3 Å². The molecule has 0 radical (unpaired) electrons. The molecule has 0 saturated heterocycles. The van der Waals surface area contributed by atoms with Crippen LogP contribution in [0.4, 0.5) is 0 Å². The number of imidazole rings is 1. The highest BCUT2D eigenvalue weighted by Crippen LogP contribution is 2.37. The summed E-state index contributed by atoms with van der Waals surface area (Å²) in [6.45, 7) is 0.371. The summed E-state index contributed by atoms with van der Waals surface area (Å²) in [7, 11) is 3.19. The van der Waals surface area contributed by atoms with E-state index in [0.29, 0.717) is 40.6 Å². The number of nitrogens with one attached hydrogen (secondary N) is 1. The van der Waals surface area contributed by atoms with Crippen LogP contribution in [0.1, 0.15) is 5.82 Å². The number of benzene rings is 2. The number of H-pyrrole nitrogens is 1. The van der Waals surface area contributed by atoms with Gasteiger partial charge in [0.05, 0.1) is 37.2 Å². The fourth-order valence-electron chi connectivity index (χ4n) is 3.12. The van der Waals surface area contributed by atoms with Crippen molar-refractivity contribution in [2.24, 2.45) is 0 Å². The summed E-state index contributed by atoms with van der Waals surface area (Å²) in [4.78, 5) is 24.2. The Hall–Kier alpha value is -3.61. The van der Waals surface area contributed by atoms with Crippen LogP contribution in [-0.2, 0) is 6.54 Å². The van der Waals surface area contributed by atoms with Crippen molar-refractivity contribution >= 4 is 10.9 Å². The Morgan fingerprint density at radius 2 is 1.93 bits per heavy atom. The molecule has 1 N–H and O–H groups in total. The van der Waals surface area contributed by atoms with Crippen LogP contribution in [0.2, 0.25) is 0 Å². The number of methoxy groups -OCH3 is 2. The lowest BCUT2D eigenvalue weighted by Crippen LogP contribution is -2.14. The lowest BCUT2D eigenvalue weighted by atomic mass is 10.1. The van der Waals surface area contributed by atoms with E-state index >= 15 is 0 Å². The Bertz CT molecular complexity index is 1160. The molecule has 136 valence electrons. The second-order valence-electron chi connectivity index (χ2n) is 5.95. The summed E-state index contributed by atoms with van der Waals surface area (Å²) in [5, 5.41) is 0.571. The summed E-state index contributed by atoms with van der Waals surface area (Å²) >= 11 is 0. The molecule has 0 atom stereocenters. The van der Waals surface area contributed by atoms with Gasteiger partial charge in [-0.25, -0.2) is 9.97 Å². The van der Waals surface area contributed by atoms with Crippen LogP contribution < -0.4 is 15.0 Å². The molecule has 0 spiro atoms. The number of fused-ring (bicyclic) bond motifs is 1. The average Bonchev–Trinajstić information content (AvgIpc) is 3.15. The topological polar surface area (TPSA) is 82.0 Å². The molecule has 0 aliphatic carbocycles. The van der Waals surface area contributed by atoms with Crippen molar-refractivity contribution in [2.45, 2.75) is 6.54 Å². The zero-order chi connectivity index (χ0) is 18.8. The van der Waals surface area contributed by atoms with Gasteiger partial charge in [-0.2, -0.15) is 0 Å². The third kappa shape index (κ3) is 3.03. The van der Waals surface area contributed by atoms with Gasteiger partial charge in [-0.05, 0) is 24.3 Å². The van der Waals surface area contributed by atoms with E-state index in [0.717, 1.165) is 5.56 Å². The highest BCUT2D eigenvalue weighted by Gasteiger charge is 2.16. The molecular weight excluding hydrogens is 344 g/mol. The maximum Gasteiger partial charge on any atom is 0.258 e. The predicted octanol–water partition coefficient (Wildman–Crippen LogP) is 2.85. The number of nitrogens with zero attached hydrogens (tertiary/aromatic N) is 3. The molecule has 0 unspecified atom stereocenters. The number of hydrogen-bond donors (Lipinski definition) is 1. The number of aromatic amines is 1. The molecule has 2 aromatic heterocycles. The van der Waals surface area contributed by atoms with E-state index in [1.807, 2.05) is 47.2 Å². The van der Waals surface area contributed by atoms with Crippen LogP contribution >= 0.6 is 0 Å². The van der Waals surface area contributed by atoms with Crippen LogP contribution in [0.5, 0.6) is 11.5 Å². The number of ether oxygens (including phenoxy) is 2. The van der Waals surface area contributed by atoms with Gasteiger partial charge in [0.2, 0.25) is 0 Å². The molecule has 7 heteroatoms. The normalized spacial score (nSPS) is 10.9. The minimum Gasteiger partial charge on any atom is -0.493 e. The molecule has 0 aliphatic heterocycles. The van der Waals surface area contributed by atoms with Crippen molar-refractivity contribution in [3.8, 4) is 22.9 Å². The lowest BCUT2D eigenvalue weighted by molar-refractivity contribution is 0.356. The standard InChI is InChI=1S/C20H18N4O3/c1-26-16-9-5-7-14(18(16)27-2)19-21-10-11-24(19)12-17-22-15-8-4-3-6-13(15)20(25)23-17/h3-11H,12H2,1-2H3,(H,22,23,25). The Labute approximate surface area is 155 Å². The number of hydrogen-bond acceptors (Lipinski definition) is 5. The Morgan fingerprint density at radius 3 is 2.74 bits per heavy atom. The fraction of sp³-hybridized carbons (Fsp3) is 0.150. The number of aromatic nitrogens is 4. The van der Waals surface area contributed by atoms with Crippen molar-refractivity contribution in [1.29, 1.82) is 0 Å². The monoisotopic (exact) mass is 362 g/mol. The number of para-hydroxylation sites is 2. The lowest BCUT2D eigenvalue weighted by Gasteiger charge is -2.13. The van der Waals surface area contributed by atoms with Gasteiger partial charge in [-0.15, -0.1) is 0 Å². The quantitative estimate of drug-likeness (QED) is 0.590. The van der Waals surface area contributed by atoms with Crippen molar-refractivity contribution in [3.05, 3.63) is 71.0 Å². The first kappa shape index (κ1) is 16.8. The summed E-state index contributed by atoms with van der Waals surface area (Å²) in [6, 6.07) is 12.9. The maximum absolute atomic E-state index is 12.3. The molecule has 7 nitrogen and oxygen atoms in total. The van der Waals surface area contributed by atoms with Crippen LogP contribution in [0, 0.1) is 0 Å². The molecule has 0 amide bonds. The zero-order valence-corrected chi connectivity index (χ0v) is 15.0. The largest absolute Gasteiger partial charge is 0.493 e. The zero-order valence-electron chi connectivity index (χ0n) is 15.0. The van der Waals surface area contributed by atoms with Gasteiger partial charge in [-0.3, -0.25) is 4.79 Å². The van der Waals surface area contributed by atoms with Crippen LogP contribution in [0.3, 0.4) is 0 Å². The van der Waals surface area contributed by atoms with Gasteiger partial charge < -0.3 is 19.0 Å². The first-order valence-corrected chi connectivity index (χ1v) is 8.41. The second-order valence-corrected chi connectivity index (χ2v) is 5.95. The van der Waals surface area contributed by atoms with E-state index in [1.54, 1.807) is 26.5 Å². The van der Waals surface area contributed by atoms with Gasteiger partial charge in [0.15, 0.2) is 11.5 Å². The third-order valence-electron chi connectivity index (χ3n) is 4.34. The highest BCUT2D eigenvalue weighted by atomic mass is 16.5. The SMILES string of the molecule is COc1cccc(-c2nccn2Cc2nc3ccccc3c(=O)[nH]2)c1OC. The molecular formula is C20H18N4O3. The highest BCUT2D eigenvalue weighted by molar-refractivity contribution is 5.77. The molecule has 0 aliphatic rings. The summed E-state index contributed by atoms with van der Waals surface area (Å²) in [5.74, 6) is 2.48. The van der Waals surface area contributed by atoms with Crippen molar-refractivity contribution < 1.29 is 9.47 Å².